The number of ether oxygens (including phenoxy) is 1. The molecule has 0 saturated heterocycles. The van der Waals surface area contributed by atoms with Gasteiger partial charge in [0.15, 0.2) is 0 Å². The maximum Gasteiger partial charge on any atom is 0.277 e. The summed E-state index contributed by atoms with van der Waals surface area (Å²) in [6, 6.07) is 17.0. The maximum atomic E-state index is 13.1. The summed E-state index contributed by atoms with van der Waals surface area (Å²) in [5, 5.41) is 4.85. The standard InChI is InChI=1S/C22H19N3O3/c1-13(26)23-18-9-8-16(28-3)12-17(18)21-22(27)25(2)20-11-15-7-5-4-6-14(15)10-19(20)24-21/h4-12H,1-3H3,(H,23,26). The van der Waals surface area contributed by atoms with Crippen LogP contribution >= 0.6 is 0 Å². The summed E-state index contributed by atoms with van der Waals surface area (Å²) in [6.07, 6.45) is 0. The normalized spacial score (nSPS) is 11.0. The zero-order chi connectivity index (χ0) is 19.8. The summed E-state index contributed by atoms with van der Waals surface area (Å²) in [5.74, 6) is 0.349. The lowest BCUT2D eigenvalue weighted by atomic mass is 10.1. The first-order valence-corrected chi connectivity index (χ1v) is 8.83. The van der Waals surface area contributed by atoms with E-state index in [2.05, 4.69) is 10.3 Å². The van der Waals surface area contributed by atoms with Crippen LogP contribution in [0.5, 0.6) is 5.75 Å². The second-order valence-corrected chi connectivity index (χ2v) is 6.61. The largest absolute Gasteiger partial charge is 0.497 e. The van der Waals surface area contributed by atoms with E-state index < -0.39 is 0 Å². The number of methoxy groups -OCH3 is 1. The van der Waals surface area contributed by atoms with Crippen molar-refractivity contribution in [1.29, 1.82) is 0 Å². The zero-order valence-electron chi connectivity index (χ0n) is 15.8. The Morgan fingerprint density at radius 1 is 1.07 bits per heavy atom. The second-order valence-electron chi connectivity index (χ2n) is 6.61. The number of anilines is 1. The highest BCUT2D eigenvalue weighted by molar-refractivity contribution is 5.97. The number of benzene rings is 3. The third-order valence-electron chi connectivity index (χ3n) is 4.74. The average Bonchev–Trinajstić information content (AvgIpc) is 2.69. The molecule has 1 heterocycles. The van der Waals surface area contributed by atoms with Gasteiger partial charge in [0.2, 0.25) is 5.91 Å². The Hall–Kier alpha value is -3.67. The van der Waals surface area contributed by atoms with Crippen LogP contribution in [-0.2, 0) is 11.8 Å². The second kappa shape index (κ2) is 6.81. The number of carbonyl (C=O) groups is 1. The molecule has 0 saturated carbocycles. The van der Waals surface area contributed by atoms with Crippen LogP contribution in [0.4, 0.5) is 5.69 Å². The lowest BCUT2D eigenvalue weighted by molar-refractivity contribution is -0.114. The molecular formula is C22H19N3O3. The van der Waals surface area contributed by atoms with Crippen molar-refractivity contribution in [2.75, 3.05) is 12.4 Å². The summed E-state index contributed by atoms with van der Waals surface area (Å²) in [4.78, 5) is 29.4. The lowest BCUT2D eigenvalue weighted by Gasteiger charge is -2.14. The molecule has 6 heteroatoms. The van der Waals surface area contributed by atoms with Gasteiger partial charge in [0, 0.05) is 19.5 Å². The fourth-order valence-corrected chi connectivity index (χ4v) is 3.33. The molecule has 1 N–H and O–H groups in total. The number of hydrogen-bond donors (Lipinski definition) is 1. The van der Waals surface area contributed by atoms with Crippen molar-refractivity contribution in [1.82, 2.24) is 9.55 Å². The first kappa shape index (κ1) is 17.7. The Balaban J connectivity index is 2.04. The van der Waals surface area contributed by atoms with Gasteiger partial charge in [-0.25, -0.2) is 4.98 Å². The molecule has 1 amide bonds. The zero-order valence-corrected chi connectivity index (χ0v) is 15.8. The molecule has 4 aromatic rings. The number of nitrogens with one attached hydrogen (secondary N) is 1. The van der Waals surface area contributed by atoms with Crippen LogP contribution in [-0.4, -0.2) is 22.6 Å². The number of amides is 1. The topological polar surface area (TPSA) is 73.2 Å². The van der Waals surface area contributed by atoms with Crippen LogP contribution in [0.15, 0.2) is 59.4 Å². The first-order chi connectivity index (χ1) is 13.5. The van der Waals surface area contributed by atoms with E-state index in [0.29, 0.717) is 22.5 Å². The molecule has 0 spiro atoms. The monoisotopic (exact) mass is 373 g/mol. The van der Waals surface area contributed by atoms with Gasteiger partial charge in [-0.05, 0) is 41.1 Å². The van der Waals surface area contributed by atoms with Crippen LogP contribution in [0.2, 0.25) is 0 Å². The molecule has 28 heavy (non-hydrogen) atoms. The summed E-state index contributed by atoms with van der Waals surface area (Å²) in [7, 11) is 3.28. The van der Waals surface area contributed by atoms with Crippen molar-refractivity contribution in [2.24, 2.45) is 7.05 Å². The highest BCUT2D eigenvalue weighted by Gasteiger charge is 2.16. The van der Waals surface area contributed by atoms with Crippen LogP contribution in [0.1, 0.15) is 6.92 Å². The van der Waals surface area contributed by atoms with Gasteiger partial charge in [-0.1, -0.05) is 24.3 Å². The van der Waals surface area contributed by atoms with Crippen molar-refractivity contribution in [3.63, 3.8) is 0 Å². The van der Waals surface area contributed by atoms with Crippen molar-refractivity contribution in [2.45, 2.75) is 6.92 Å². The summed E-state index contributed by atoms with van der Waals surface area (Å²) >= 11 is 0. The number of hydrogen-bond acceptors (Lipinski definition) is 4. The number of aryl methyl sites for hydroxylation is 1. The molecule has 0 fully saturated rings. The molecule has 4 rings (SSSR count). The van der Waals surface area contributed by atoms with Gasteiger partial charge in [0.05, 0.1) is 23.8 Å². The van der Waals surface area contributed by atoms with Gasteiger partial charge in [-0.2, -0.15) is 0 Å². The van der Waals surface area contributed by atoms with Crippen molar-refractivity contribution >= 4 is 33.4 Å². The molecular weight excluding hydrogens is 354 g/mol. The highest BCUT2D eigenvalue weighted by atomic mass is 16.5. The average molecular weight is 373 g/mol. The predicted molar refractivity (Wildman–Crippen MR) is 111 cm³/mol. The van der Waals surface area contributed by atoms with E-state index in [1.165, 1.54) is 6.92 Å². The van der Waals surface area contributed by atoms with Crippen molar-refractivity contribution in [3.05, 3.63) is 65.0 Å². The smallest absolute Gasteiger partial charge is 0.277 e. The molecule has 140 valence electrons. The molecule has 0 aliphatic heterocycles. The molecule has 0 bridgehead atoms. The molecule has 0 aliphatic carbocycles. The molecule has 0 unspecified atom stereocenters. The van der Waals surface area contributed by atoms with Crippen molar-refractivity contribution < 1.29 is 9.53 Å². The minimum absolute atomic E-state index is 0.227. The maximum absolute atomic E-state index is 13.1. The first-order valence-electron chi connectivity index (χ1n) is 8.83. The van der Waals surface area contributed by atoms with Gasteiger partial charge in [-0.15, -0.1) is 0 Å². The van der Waals surface area contributed by atoms with Gasteiger partial charge in [-0.3, -0.25) is 9.59 Å². The predicted octanol–water partition coefficient (Wildman–Crippen LogP) is 3.72. The molecule has 0 aliphatic rings. The Morgan fingerprint density at radius 2 is 1.79 bits per heavy atom. The Labute approximate surface area is 161 Å². The minimum Gasteiger partial charge on any atom is -0.497 e. The third kappa shape index (κ3) is 2.99. The van der Waals surface area contributed by atoms with Gasteiger partial charge >= 0.3 is 0 Å². The van der Waals surface area contributed by atoms with Gasteiger partial charge in [0.25, 0.3) is 5.56 Å². The van der Waals surface area contributed by atoms with Crippen LogP contribution in [0, 0.1) is 0 Å². The summed E-state index contributed by atoms with van der Waals surface area (Å²) < 4.78 is 6.89. The van der Waals surface area contributed by atoms with E-state index >= 15 is 0 Å². The van der Waals surface area contributed by atoms with E-state index in [9.17, 15) is 9.59 Å². The lowest BCUT2D eigenvalue weighted by Crippen LogP contribution is -2.21. The Kier molecular flexibility index (Phi) is 4.31. The van der Waals surface area contributed by atoms with E-state index in [-0.39, 0.29) is 17.2 Å². The summed E-state index contributed by atoms with van der Waals surface area (Å²) in [6.45, 7) is 1.42. The quantitative estimate of drug-likeness (QED) is 0.556. The number of nitrogens with zero attached hydrogens (tertiary/aromatic N) is 2. The molecule has 3 aromatic carbocycles. The van der Waals surface area contributed by atoms with Crippen LogP contribution in [0.3, 0.4) is 0 Å². The van der Waals surface area contributed by atoms with E-state index in [4.69, 9.17) is 4.74 Å². The van der Waals surface area contributed by atoms with E-state index in [1.54, 1.807) is 36.9 Å². The van der Waals surface area contributed by atoms with Gasteiger partial charge < -0.3 is 14.6 Å². The minimum atomic E-state index is -0.248. The Bertz CT molecular complexity index is 1290. The molecule has 0 atom stereocenters. The third-order valence-corrected chi connectivity index (χ3v) is 4.74. The number of fused-ring (bicyclic) bond motifs is 2. The molecule has 1 aromatic heterocycles. The van der Waals surface area contributed by atoms with Crippen molar-refractivity contribution in [3.8, 4) is 17.0 Å². The highest BCUT2D eigenvalue weighted by Crippen LogP contribution is 2.30. The number of carbonyl (C=O) groups excluding carboxylic acids is 1. The fraction of sp³-hybridized carbons (Fsp3) is 0.136. The van der Waals surface area contributed by atoms with Crippen LogP contribution < -0.4 is 15.6 Å². The van der Waals surface area contributed by atoms with Gasteiger partial charge in [0.1, 0.15) is 11.4 Å². The Morgan fingerprint density at radius 3 is 2.46 bits per heavy atom. The number of aromatic nitrogens is 2. The van der Waals surface area contributed by atoms with E-state index in [1.807, 2.05) is 36.4 Å². The summed E-state index contributed by atoms with van der Waals surface area (Å²) in [5.41, 5.74) is 2.49. The fourth-order valence-electron chi connectivity index (χ4n) is 3.33. The van der Waals surface area contributed by atoms with Crippen LogP contribution in [0.25, 0.3) is 33.1 Å². The molecule has 6 nitrogen and oxygen atoms in total. The SMILES string of the molecule is COc1ccc(NC(C)=O)c(-c2nc3cc4ccccc4cc3n(C)c2=O)c1. The number of rotatable bonds is 3. The van der Waals surface area contributed by atoms with E-state index in [0.717, 1.165) is 16.3 Å². The molecule has 0 radical (unpaired) electrons.